The summed E-state index contributed by atoms with van der Waals surface area (Å²) < 4.78 is 15.8. The van der Waals surface area contributed by atoms with Crippen molar-refractivity contribution in [2.24, 2.45) is 17.6 Å². The van der Waals surface area contributed by atoms with Crippen molar-refractivity contribution in [1.29, 1.82) is 0 Å². The molecular formula is C11H22NO5P. The third-order valence-corrected chi connectivity index (χ3v) is 3.37. The zero-order valence-corrected chi connectivity index (χ0v) is 11.9. The minimum absolute atomic E-state index is 0.143. The maximum atomic E-state index is 11.7. The van der Waals surface area contributed by atoms with Gasteiger partial charge in [0.05, 0.1) is 18.7 Å². The van der Waals surface area contributed by atoms with E-state index in [2.05, 4.69) is 0 Å². The molecular weight excluding hydrogens is 257 g/mol. The van der Waals surface area contributed by atoms with Gasteiger partial charge >= 0.3 is 13.6 Å². The second-order valence-electron chi connectivity index (χ2n) is 4.33. The SMILES string of the molecule is CCOC(=O)C(/C=C(\C)CP(=O)(O)O)C(C)CN. The van der Waals surface area contributed by atoms with Gasteiger partial charge in [0.1, 0.15) is 0 Å². The number of ether oxygens (including phenoxy) is 1. The summed E-state index contributed by atoms with van der Waals surface area (Å²) in [5.41, 5.74) is 5.98. The van der Waals surface area contributed by atoms with Crippen LogP contribution in [0.2, 0.25) is 0 Å². The number of rotatable bonds is 7. The summed E-state index contributed by atoms with van der Waals surface area (Å²) in [6.07, 6.45) is 1.18. The van der Waals surface area contributed by atoms with E-state index in [0.29, 0.717) is 12.1 Å². The zero-order valence-electron chi connectivity index (χ0n) is 11.0. The third-order valence-electron chi connectivity index (χ3n) is 2.46. The second-order valence-corrected chi connectivity index (χ2v) is 5.97. The molecule has 0 bridgehead atoms. The lowest BCUT2D eigenvalue weighted by atomic mass is 9.92. The number of esters is 1. The van der Waals surface area contributed by atoms with E-state index in [1.54, 1.807) is 20.8 Å². The van der Waals surface area contributed by atoms with Crippen LogP contribution in [0.15, 0.2) is 11.6 Å². The van der Waals surface area contributed by atoms with Gasteiger partial charge in [-0.25, -0.2) is 0 Å². The molecule has 0 saturated carbocycles. The van der Waals surface area contributed by atoms with Gasteiger partial charge in [-0.2, -0.15) is 0 Å². The lowest BCUT2D eigenvalue weighted by Crippen LogP contribution is -2.28. The molecule has 0 aliphatic heterocycles. The van der Waals surface area contributed by atoms with Crippen molar-refractivity contribution in [3.05, 3.63) is 11.6 Å². The van der Waals surface area contributed by atoms with Gasteiger partial charge in [0, 0.05) is 0 Å². The Morgan fingerprint density at radius 1 is 1.50 bits per heavy atom. The Kier molecular flexibility index (Phi) is 7.40. The average Bonchev–Trinajstić information content (AvgIpc) is 2.22. The molecule has 0 aromatic rings. The molecule has 0 radical (unpaired) electrons. The van der Waals surface area contributed by atoms with E-state index >= 15 is 0 Å². The predicted octanol–water partition coefficient (Wildman–Crippen LogP) is 0.885. The monoisotopic (exact) mass is 279 g/mol. The third kappa shape index (κ3) is 6.91. The molecule has 2 unspecified atom stereocenters. The molecule has 0 saturated heterocycles. The minimum atomic E-state index is -4.11. The molecule has 0 fully saturated rings. The molecule has 106 valence electrons. The predicted molar refractivity (Wildman–Crippen MR) is 69.0 cm³/mol. The number of carbonyl (C=O) groups excluding carboxylic acids is 1. The van der Waals surface area contributed by atoms with Gasteiger partial charge < -0.3 is 20.3 Å². The quantitative estimate of drug-likeness (QED) is 0.362. The van der Waals surface area contributed by atoms with Crippen molar-refractivity contribution in [1.82, 2.24) is 0 Å². The Morgan fingerprint density at radius 3 is 2.44 bits per heavy atom. The van der Waals surface area contributed by atoms with Crippen LogP contribution in [0, 0.1) is 11.8 Å². The molecule has 0 rings (SSSR count). The van der Waals surface area contributed by atoms with Gasteiger partial charge in [-0.3, -0.25) is 9.36 Å². The molecule has 4 N–H and O–H groups in total. The second kappa shape index (κ2) is 7.69. The maximum absolute atomic E-state index is 11.7. The van der Waals surface area contributed by atoms with Crippen molar-refractivity contribution in [3.63, 3.8) is 0 Å². The Bertz CT molecular complexity index is 349. The maximum Gasteiger partial charge on any atom is 0.329 e. The zero-order chi connectivity index (χ0) is 14.3. The first-order valence-electron chi connectivity index (χ1n) is 5.79. The Morgan fingerprint density at radius 2 is 2.06 bits per heavy atom. The van der Waals surface area contributed by atoms with E-state index in [9.17, 15) is 9.36 Å². The van der Waals surface area contributed by atoms with Gasteiger partial charge in [0.2, 0.25) is 0 Å². The molecule has 0 aliphatic rings. The van der Waals surface area contributed by atoms with Crippen LogP contribution in [-0.4, -0.2) is 35.1 Å². The van der Waals surface area contributed by atoms with Crippen molar-refractivity contribution < 1.29 is 23.9 Å². The van der Waals surface area contributed by atoms with Crippen LogP contribution in [0.4, 0.5) is 0 Å². The first kappa shape index (κ1) is 17.3. The van der Waals surface area contributed by atoms with Crippen molar-refractivity contribution in [3.8, 4) is 0 Å². The Hall–Kier alpha value is -0.680. The molecule has 0 amide bonds. The first-order valence-corrected chi connectivity index (χ1v) is 7.59. The molecule has 0 aromatic heterocycles. The fraction of sp³-hybridized carbons (Fsp3) is 0.727. The van der Waals surface area contributed by atoms with Gasteiger partial charge in [-0.05, 0) is 26.3 Å². The summed E-state index contributed by atoms with van der Waals surface area (Å²) in [6, 6.07) is 0. The number of nitrogens with two attached hydrogens (primary N) is 1. The summed E-state index contributed by atoms with van der Waals surface area (Å²) in [4.78, 5) is 29.5. The lowest BCUT2D eigenvalue weighted by molar-refractivity contribution is -0.147. The molecule has 18 heavy (non-hydrogen) atoms. The van der Waals surface area contributed by atoms with E-state index in [4.69, 9.17) is 20.3 Å². The van der Waals surface area contributed by atoms with Crippen LogP contribution in [0.3, 0.4) is 0 Å². The molecule has 7 heteroatoms. The van der Waals surface area contributed by atoms with Gasteiger partial charge in [0.15, 0.2) is 0 Å². The lowest BCUT2D eigenvalue weighted by Gasteiger charge is -2.19. The fourth-order valence-corrected chi connectivity index (χ4v) is 2.29. The van der Waals surface area contributed by atoms with Crippen molar-refractivity contribution >= 4 is 13.6 Å². The topological polar surface area (TPSA) is 110 Å². The van der Waals surface area contributed by atoms with E-state index in [1.165, 1.54) is 6.08 Å². The number of hydrogen-bond donors (Lipinski definition) is 3. The summed E-state index contributed by atoms with van der Waals surface area (Å²) in [5, 5.41) is 0. The minimum Gasteiger partial charge on any atom is -0.466 e. The summed E-state index contributed by atoms with van der Waals surface area (Å²) in [7, 11) is -4.11. The highest BCUT2D eigenvalue weighted by atomic mass is 31.2. The average molecular weight is 279 g/mol. The molecule has 0 heterocycles. The highest BCUT2D eigenvalue weighted by molar-refractivity contribution is 7.52. The van der Waals surface area contributed by atoms with Crippen LogP contribution in [0.5, 0.6) is 0 Å². The van der Waals surface area contributed by atoms with Gasteiger partial charge in [0.25, 0.3) is 0 Å². The Balaban J connectivity index is 4.93. The summed E-state index contributed by atoms with van der Waals surface area (Å²) in [6.45, 7) is 5.63. The van der Waals surface area contributed by atoms with E-state index < -0.39 is 19.5 Å². The highest BCUT2D eigenvalue weighted by Crippen LogP contribution is 2.37. The molecule has 0 aliphatic carbocycles. The van der Waals surface area contributed by atoms with Gasteiger partial charge in [-0.1, -0.05) is 18.6 Å². The van der Waals surface area contributed by atoms with Crippen LogP contribution in [0.25, 0.3) is 0 Å². The smallest absolute Gasteiger partial charge is 0.329 e. The van der Waals surface area contributed by atoms with E-state index in [0.717, 1.165) is 0 Å². The van der Waals surface area contributed by atoms with E-state index in [1.807, 2.05) is 0 Å². The highest BCUT2D eigenvalue weighted by Gasteiger charge is 2.24. The first-order chi connectivity index (χ1) is 8.21. The van der Waals surface area contributed by atoms with E-state index in [-0.39, 0.29) is 18.7 Å². The number of allylic oxidation sites excluding steroid dienone is 1. The Labute approximate surface area is 107 Å². The summed E-state index contributed by atoms with van der Waals surface area (Å²) >= 11 is 0. The van der Waals surface area contributed by atoms with Gasteiger partial charge in [-0.15, -0.1) is 0 Å². The van der Waals surface area contributed by atoms with Crippen LogP contribution < -0.4 is 5.73 Å². The normalized spacial score (nSPS) is 16.2. The van der Waals surface area contributed by atoms with Crippen LogP contribution in [0.1, 0.15) is 20.8 Å². The largest absolute Gasteiger partial charge is 0.466 e. The molecule has 0 spiro atoms. The van der Waals surface area contributed by atoms with Crippen LogP contribution in [-0.2, 0) is 14.1 Å². The van der Waals surface area contributed by atoms with Crippen LogP contribution >= 0.6 is 7.60 Å². The summed E-state index contributed by atoms with van der Waals surface area (Å²) in [5.74, 6) is -1.13. The molecule has 6 nitrogen and oxygen atoms in total. The molecule has 2 atom stereocenters. The number of carbonyl (C=O) groups is 1. The molecule has 0 aromatic carbocycles. The standard InChI is InChI=1S/C11H22NO5P/c1-4-17-11(13)10(9(3)6-12)5-8(2)7-18(14,15)16/h5,9-10H,4,6-7,12H2,1-3H3,(H2,14,15,16)/b8-5+. The van der Waals surface area contributed by atoms with Crippen molar-refractivity contribution in [2.45, 2.75) is 20.8 Å². The number of hydrogen-bond acceptors (Lipinski definition) is 4. The van der Waals surface area contributed by atoms with Crippen molar-refractivity contribution in [2.75, 3.05) is 19.3 Å². The fourth-order valence-electron chi connectivity index (χ4n) is 1.53.